The number of halogens is 3. The third-order valence-electron chi connectivity index (χ3n) is 7.55. The largest absolute Gasteiger partial charge is 0.491 e. The van der Waals surface area contributed by atoms with Crippen molar-refractivity contribution in [3.63, 3.8) is 0 Å². The van der Waals surface area contributed by atoms with Crippen LogP contribution in [0.3, 0.4) is 0 Å². The lowest BCUT2D eigenvalue weighted by Gasteiger charge is -2.50. The van der Waals surface area contributed by atoms with Gasteiger partial charge in [0.1, 0.15) is 12.4 Å². The van der Waals surface area contributed by atoms with Crippen molar-refractivity contribution in [2.75, 3.05) is 40.0 Å². The highest BCUT2D eigenvalue weighted by Gasteiger charge is 2.62. The van der Waals surface area contributed by atoms with Crippen molar-refractivity contribution < 1.29 is 37.3 Å². The highest BCUT2D eigenvalue weighted by Crippen LogP contribution is 2.51. The first-order valence-electron chi connectivity index (χ1n) is 12.2. The van der Waals surface area contributed by atoms with Crippen LogP contribution in [0.25, 0.3) is 0 Å². The Kier molecular flexibility index (Phi) is 7.80. The molecule has 4 rings (SSSR count). The van der Waals surface area contributed by atoms with Gasteiger partial charge in [-0.15, -0.1) is 0 Å². The number of alkyl halides is 3. The molecule has 2 aliphatic rings. The molecule has 2 N–H and O–H groups in total. The van der Waals surface area contributed by atoms with Crippen molar-refractivity contribution in [3.8, 4) is 5.75 Å². The van der Waals surface area contributed by atoms with E-state index in [1.807, 2.05) is 24.3 Å². The van der Waals surface area contributed by atoms with Crippen LogP contribution in [0.1, 0.15) is 36.3 Å². The summed E-state index contributed by atoms with van der Waals surface area (Å²) < 4.78 is 53.2. The van der Waals surface area contributed by atoms with Gasteiger partial charge in [-0.1, -0.05) is 48.5 Å². The first-order valence-corrected chi connectivity index (χ1v) is 12.2. The SMILES string of the molecule is COCCOc1ccccc1C1CNC(=O)CC12CCN(C(=O)[C@](O)(c1ccccc1)C(F)(F)F)CC2. The minimum atomic E-state index is -5.20. The van der Waals surface area contributed by atoms with Gasteiger partial charge in [-0.2, -0.15) is 13.2 Å². The molecule has 7 nitrogen and oxygen atoms in total. The van der Waals surface area contributed by atoms with Crippen LogP contribution in [-0.2, 0) is 19.9 Å². The van der Waals surface area contributed by atoms with Gasteiger partial charge in [0.2, 0.25) is 5.91 Å². The van der Waals surface area contributed by atoms with E-state index in [9.17, 15) is 27.9 Å². The zero-order valence-electron chi connectivity index (χ0n) is 20.6. The second-order valence-electron chi connectivity index (χ2n) is 9.64. The molecular weight excluding hydrogens is 489 g/mol. The molecule has 2 heterocycles. The monoisotopic (exact) mass is 520 g/mol. The van der Waals surface area contributed by atoms with Crippen molar-refractivity contribution >= 4 is 11.8 Å². The van der Waals surface area contributed by atoms with Gasteiger partial charge in [-0.3, -0.25) is 9.59 Å². The van der Waals surface area contributed by atoms with Gasteiger partial charge in [0, 0.05) is 44.6 Å². The fourth-order valence-electron chi connectivity index (χ4n) is 5.51. The summed E-state index contributed by atoms with van der Waals surface area (Å²) in [6.07, 6.45) is -4.39. The summed E-state index contributed by atoms with van der Waals surface area (Å²) in [5, 5.41) is 13.7. The van der Waals surface area contributed by atoms with Crippen LogP contribution in [0.4, 0.5) is 13.2 Å². The Hall–Kier alpha value is -3.11. The molecule has 200 valence electrons. The number of para-hydroxylation sites is 1. The molecule has 37 heavy (non-hydrogen) atoms. The lowest BCUT2D eigenvalue weighted by atomic mass is 9.62. The number of likely N-dealkylation sites (tertiary alicyclic amines) is 1. The maximum Gasteiger partial charge on any atom is 0.430 e. The highest BCUT2D eigenvalue weighted by molar-refractivity contribution is 5.87. The van der Waals surface area contributed by atoms with Gasteiger partial charge in [-0.25, -0.2) is 0 Å². The predicted molar refractivity (Wildman–Crippen MR) is 129 cm³/mol. The predicted octanol–water partition coefficient (Wildman–Crippen LogP) is 3.37. The first kappa shape index (κ1) is 26.9. The van der Waals surface area contributed by atoms with Gasteiger partial charge in [0.15, 0.2) is 0 Å². The number of aliphatic hydroxyl groups is 1. The topological polar surface area (TPSA) is 88.1 Å². The summed E-state index contributed by atoms with van der Waals surface area (Å²) in [6.45, 7) is 1.08. The van der Waals surface area contributed by atoms with E-state index in [2.05, 4.69) is 5.32 Å². The minimum Gasteiger partial charge on any atom is -0.491 e. The lowest BCUT2D eigenvalue weighted by molar-refractivity contribution is -0.262. The molecule has 2 saturated heterocycles. The number of hydrogen-bond donors (Lipinski definition) is 2. The number of rotatable bonds is 7. The molecule has 2 aromatic carbocycles. The molecule has 2 atom stereocenters. The summed E-state index contributed by atoms with van der Waals surface area (Å²) in [5.74, 6) is -1.03. The zero-order chi connectivity index (χ0) is 26.7. The molecule has 2 aliphatic heterocycles. The summed E-state index contributed by atoms with van der Waals surface area (Å²) in [6, 6.07) is 13.9. The van der Waals surface area contributed by atoms with E-state index in [-0.39, 0.29) is 31.3 Å². The van der Waals surface area contributed by atoms with Gasteiger partial charge in [-0.05, 0) is 29.9 Å². The second-order valence-corrected chi connectivity index (χ2v) is 9.64. The maximum atomic E-state index is 14.1. The molecule has 1 spiro atoms. The molecule has 0 aromatic heterocycles. The average Bonchev–Trinajstić information content (AvgIpc) is 2.89. The quantitative estimate of drug-likeness (QED) is 0.547. The number of methoxy groups -OCH3 is 1. The molecule has 0 bridgehead atoms. The van der Waals surface area contributed by atoms with Crippen molar-refractivity contribution in [1.82, 2.24) is 10.2 Å². The molecule has 10 heteroatoms. The van der Waals surface area contributed by atoms with E-state index in [0.29, 0.717) is 38.3 Å². The van der Waals surface area contributed by atoms with Crippen molar-refractivity contribution in [2.24, 2.45) is 5.41 Å². The number of amides is 2. The van der Waals surface area contributed by atoms with Crippen LogP contribution in [-0.4, -0.2) is 68.0 Å². The van der Waals surface area contributed by atoms with Gasteiger partial charge >= 0.3 is 6.18 Å². The number of carbonyl (C=O) groups excluding carboxylic acids is 2. The number of ether oxygens (including phenoxy) is 2. The number of nitrogens with zero attached hydrogens (tertiary/aromatic N) is 1. The number of benzene rings is 2. The van der Waals surface area contributed by atoms with Crippen LogP contribution in [0.2, 0.25) is 0 Å². The molecule has 2 amide bonds. The van der Waals surface area contributed by atoms with E-state index < -0.39 is 28.7 Å². The first-order chi connectivity index (χ1) is 17.6. The van der Waals surface area contributed by atoms with Gasteiger partial charge in [0.25, 0.3) is 11.5 Å². The Morgan fingerprint density at radius 1 is 1.08 bits per heavy atom. The zero-order valence-corrected chi connectivity index (χ0v) is 20.6. The van der Waals surface area contributed by atoms with E-state index >= 15 is 0 Å². The number of nitrogens with one attached hydrogen (secondary N) is 1. The highest BCUT2D eigenvalue weighted by atomic mass is 19.4. The number of piperidine rings is 2. The Bertz CT molecular complexity index is 1100. The summed E-state index contributed by atoms with van der Waals surface area (Å²) in [4.78, 5) is 26.7. The van der Waals surface area contributed by atoms with E-state index in [1.54, 1.807) is 7.11 Å². The molecule has 0 aliphatic carbocycles. The van der Waals surface area contributed by atoms with Crippen molar-refractivity contribution in [1.29, 1.82) is 0 Å². The second kappa shape index (κ2) is 10.7. The Balaban J connectivity index is 1.59. The van der Waals surface area contributed by atoms with Crippen LogP contribution in [0.15, 0.2) is 54.6 Å². The lowest BCUT2D eigenvalue weighted by Crippen LogP contribution is -2.59. The van der Waals surface area contributed by atoms with Crippen molar-refractivity contribution in [3.05, 3.63) is 65.7 Å². The Labute approximate surface area is 213 Å². The van der Waals surface area contributed by atoms with Crippen LogP contribution in [0, 0.1) is 5.41 Å². The van der Waals surface area contributed by atoms with E-state index in [4.69, 9.17) is 9.47 Å². The van der Waals surface area contributed by atoms with Crippen LogP contribution >= 0.6 is 0 Å². The minimum absolute atomic E-state index is 0.0134. The summed E-state index contributed by atoms with van der Waals surface area (Å²) >= 11 is 0. The molecule has 0 radical (unpaired) electrons. The Morgan fingerprint density at radius 3 is 2.38 bits per heavy atom. The maximum absolute atomic E-state index is 14.1. The van der Waals surface area contributed by atoms with Crippen LogP contribution < -0.4 is 10.1 Å². The Morgan fingerprint density at radius 2 is 1.73 bits per heavy atom. The van der Waals surface area contributed by atoms with Crippen molar-refractivity contribution in [2.45, 2.75) is 37.0 Å². The molecule has 0 saturated carbocycles. The average molecular weight is 521 g/mol. The molecule has 1 unspecified atom stereocenters. The van der Waals surface area contributed by atoms with Crippen LogP contribution in [0.5, 0.6) is 5.75 Å². The number of hydrogen-bond acceptors (Lipinski definition) is 5. The van der Waals surface area contributed by atoms with E-state index in [1.165, 1.54) is 18.2 Å². The fourth-order valence-corrected chi connectivity index (χ4v) is 5.51. The molecule has 2 aromatic rings. The third kappa shape index (κ3) is 5.17. The van der Waals surface area contributed by atoms with Gasteiger partial charge < -0.3 is 24.8 Å². The standard InChI is InChI=1S/C27H31F3N2O5/c1-36-15-16-37-22-10-6-5-9-20(22)21-18-31-23(33)17-25(21)11-13-32(14-12-25)24(34)26(35,27(28,29)30)19-7-3-2-4-8-19/h2-10,21,35H,11-18H2,1H3,(H,31,33)/t21?,26-/m1/s1. The van der Waals surface area contributed by atoms with E-state index in [0.717, 1.165) is 22.6 Å². The third-order valence-corrected chi connectivity index (χ3v) is 7.55. The smallest absolute Gasteiger partial charge is 0.430 e. The normalized spacial score (nSPS) is 21.3. The molecular formula is C27H31F3N2O5. The summed E-state index contributed by atoms with van der Waals surface area (Å²) in [7, 11) is 1.58. The summed E-state index contributed by atoms with van der Waals surface area (Å²) in [5.41, 5.74) is -3.84. The van der Waals surface area contributed by atoms with Gasteiger partial charge in [0.05, 0.1) is 6.61 Å². The molecule has 2 fully saturated rings. The number of carbonyl (C=O) groups is 2. The fraction of sp³-hybridized carbons (Fsp3) is 0.481.